The van der Waals surface area contributed by atoms with Crippen LogP contribution in [0.4, 0.5) is 11.4 Å². The smallest absolute Gasteiger partial charge is 0.0721 e. The average molecular weight is 801 g/mol. The van der Waals surface area contributed by atoms with Crippen LogP contribution in [0.1, 0.15) is 37.0 Å². The highest BCUT2D eigenvalue weighted by molar-refractivity contribution is 7.26. The minimum Gasteiger partial charge on any atom is -0.330 e. The number of fused-ring (bicyclic) bond motifs is 9. The molecule has 12 rings (SSSR count). The molecule has 8 aromatic carbocycles. The van der Waals surface area contributed by atoms with Gasteiger partial charge in [0, 0.05) is 44.0 Å². The van der Waals surface area contributed by atoms with Gasteiger partial charge in [-0.25, -0.2) is 0 Å². The summed E-state index contributed by atoms with van der Waals surface area (Å²) in [5.41, 5.74) is 16.0. The normalized spacial score (nSPS) is 17.1. The van der Waals surface area contributed by atoms with Crippen LogP contribution in [0.15, 0.2) is 200 Å². The molecule has 0 spiro atoms. The van der Waals surface area contributed by atoms with E-state index in [-0.39, 0.29) is 5.54 Å². The van der Waals surface area contributed by atoms with Crippen molar-refractivity contribution in [2.24, 2.45) is 5.92 Å². The van der Waals surface area contributed by atoms with Crippen molar-refractivity contribution in [2.45, 2.75) is 32.2 Å². The summed E-state index contributed by atoms with van der Waals surface area (Å²) in [5.74, 6) is 0.605. The van der Waals surface area contributed by atoms with Crippen LogP contribution in [0, 0.1) is 5.92 Å². The Kier molecular flexibility index (Phi) is 8.30. The zero-order chi connectivity index (χ0) is 40.7. The summed E-state index contributed by atoms with van der Waals surface area (Å²) < 4.78 is 5.05. The van der Waals surface area contributed by atoms with Crippen molar-refractivity contribution < 1.29 is 0 Å². The third-order valence-corrected chi connectivity index (χ3v) is 14.6. The molecule has 292 valence electrons. The minimum atomic E-state index is -0.363. The Morgan fingerprint density at radius 2 is 1.28 bits per heavy atom. The van der Waals surface area contributed by atoms with E-state index in [0.717, 1.165) is 12.8 Å². The molecule has 2 nitrogen and oxygen atoms in total. The standard InChI is InChI=1S/C58H44N2S/c1-38-22-24-39(25-23-38)40-26-31-44(32-27-40)59-53-19-9-6-15-48(53)51-36-42(30-35-54(51)59)41-28-33-45(34-29-41)60(55-20-11-17-50-49-16-7-10-21-56(49)61-57(50)55)58(2)37-43-12-3-4-13-46(43)47-14-5-8-18-52(47)58/h3-22,24-36,38H,23,37H2,1-2H3. The first-order chi connectivity index (χ1) is 30.0. The van der Waals surface area contributed by atoms with Crippen molar-refractivity contribution in [3.05, 3.63) is 217 Å². The second-order valence-electron chi connectivity index (χ2n) is 17.2. The van der Waals surface area contributed by atoms with Crippen molar-refractivity contribution in [3.63, 3.8) is 0 Å². The Hall–Kier alpha value is -6.94. The molecule has 0 N–H and O–H groups in total. The lowest BCUT2D eigenvalue weighted by Gasteiger charge is -2.47. The number of nitrogens with zero attached hydrogens (tertiary/aromatic N) is 2. The van der Waals surface area contributed by atoms with Gasteiger partial charge in [0.05, 0.1) is 27.0 Å². The maximum Gasteiger partial charge on any atom is 0.0721 e. The molecule has 2 aliphatic carbocycles. The predicted molar refractivity (Wildman–Crippen MR) is 262 cm³/mol. The number of rotatable bonds is 6. The van der Waals surface area contributed by atoms with Gasteiger partial charge in [-0.05, 0) is 118 Å². The molecule has 2 atom stereocenters. The van der Waals surface area contributed by atoms with Gasteiger partial charge in [-0.3, -0.25) is 0 Å². The molecular weight excluding hydrogens is 757 g/mol. The van der Waals surface area contributed by atoms with Crippen LogP contribution in [-0.2, 0) is 12.0 Å². The zero-order valence-electron chi connectivity index (χ0n) is 34.3. The number of hydrogen-bond donors (Lipinski definition) is 0. The van der Waals surface area contributed by atoms with Crippen molar-refractivity contribution in [3.8, 4) is 27.9 Å². The van der Waals surface area contributed by atoms with E-state index >= 15 is 0 Å². The van der Waals surface area contributed by atoms with Crippen LogP contribution in [-0.4, -0.2) is 4.57 Å². The van der Waals surface area contributed by atoms with Crippen molar-refractivity contribution in [1.82, 2.24) is 4.57 Å². The highest BCUT2D eigenvalue weighted by atomic mass is 32.1. The number of para-hydroxylation sites is 1. The minimum absolute atomic E-state index is 0.363. The van der Waals surface area contributed by atoms with Crippen LogP contribution >= 0.6 is 11.3 Å². The van der Waals surface area contributed by atoms with Crippen LogP contribution < -0.4 is 4.90 Å². The van der Waals surface area contributed by atoms with E-state index in [0.29, 0.717) is 5.92 Å². The molecule has 2 aliphatic rings. The Bertz CT molecular complexity index is 3400. The third-order valence-electron chi connectivity index (χ3n) is 13.4. The summed E-state index contributed by atoms with van der Waals surface area (Å²) in [6.45, 7) is 4.72. The van der Waals surface area contributed by atoms with Gasteiger partial charge in [0.15, 0.2) is 0 Å². The monoisotopic (exact) mass is 800 g/mol. The highest BCUT2D eigenvalue weighted by Crippen LogP contribution is 2.52. The number of benzene rings is 8. The first-order valence-corrected chi connectivity index (χ1v) is 22.3. The van der Waals surface area contributed by atoms with Gasteiger partial charge in [-0.2, -0.15) is 0 Å². The number of aromatic nitrogens is 1. The van der Waals surface area contributed by atoms with Crippen molar-refractivity contribution in [1.29, 1.82) is 0 Å². The van der Waals surface area contributed by atoms with Crippen LogP contribution in [0.5, 0.6) is 0 Å². The van der Waals surface area contributed by atoms with Crippen LogP contribution in [0.2, 0.25) is 0 Å². The van der Waals surface area contributed by atoms with Gasteiger partial charge in [0.1, 0.15) is 0 Å². The molecule has 0 fully saturated rings. The number of allylic oxidation sites excluding steroid dienone is 4. The quantitative estimate of drug-likeness (QED) is 0.163. The van der Waals surface area contributed by atoms with E-state index < -0.39 is 0 Å². The van der Waals surface area contributed by atoms with Gasteiger partial charge in [0.25, 0.3) is 0 Å². The van der Waals surface area contributed by atoms with E-state index in [9.17, 15) is 0 Å². The molecule has 0 saturated heterocycles. The van der Waals surface area contributed by atoms with Crippen molar-refractivity contribution >= 4 is 70.3 Å². The summed E-state index contributed by atoms with van der Waals surface area (Å²) >= 11 is 1.90. The lowest BCUT2D eigenvalue weighted by Crippen LogP contribution is -2.45. The molecule has 0 saturated carbocycles. The zero-order valence-corrected chi connectivity index (χ0v) is 35.2. The largest absolute Gasteiger partial charge is 0.330 e. The Labute approximate surface area is 361 Å². The van der Waals surface area contributed by atoms with Gasteiger partial charge in [-0.1, -0.05) is 153 Å². The van der Waals surface area contributed by atoms with Gasteiger partial charge >= 0.3 is 0 Å². The molecule has 0 amide bonds. The third kappa shape index (κ3) is 5.75. The molecule has 3 heteroatoms. The molecular formula is C58H44N2S. The fraction of sp³-hybridized carbons (Fsp3) is 0.103. The Morgan fingerprint density at radius 3 is 2.11 bits per heavy atom. The second kappa shape index (κ2) is 14.1. The molecule has 0 radical (unpaired) electrons. The molecule has 0 bridgehead atoms. The van der Waals surface area contributed by atoms with Crippen LogP contribution in [0.25, 0.3) is 75.5 Å². The molecule has 2 unspecified atom stereocenters. The fourth-order valence-corrected chi connectivity index (χ4v) is 11.6. The topological polar surface area (TPSA) is 8.17 Å². The molecule has 2 heterocycles. The van der Waals surface area contributed by atoms with Gasteiger partial charge < -0.3 is 9.47 Å². The van der Waals surface area contributed by atoms with E-state index in [4.69, 9.17) is 0 Å². The lowest BCUT2D eigenvalue weighted by molar-refractivity contribution is 0.474. The summed E-state index contributed by atoms with van der Waals surface area (Å²) in [5, 5.41) is 5.15. The van der Waals surface area contributed by atoms with Crippen LogP contribution in [0.3, 0.4) is 0 Å². The molecule has 10 aromatic rings. The predicted octanol–water partition coefficient (Wildman–Crippen LogP) is 16.1. The SMILES string of the molecule is CC1C=CC(c2ccc(-n3c4ccccc4c4cc(-c5ccc(N(c6cccc7c6sc6ccccc67)C6(C)Cc7ccccc7-c7ccccc76)cc5)ccc43)cc2)=CC1. The van der Waals surface area contributed by atoms with E-state index in [1.165, 1.54) is 104 Å². The average Bonchev–Trinajstić information content (AvgIpc) is 3.86. The number of hydrogen-bond acceptors (Lipinski definition) is 2. The second-order valence-corrected chi connectivity index (χ2v) is 18.2. The molecule has 0 aliphatic heterocycles. The lowest BCUT2D eigenvalue weighted by atomic mass is 9.73. The van der Waals surface area contributed by atoms with Gasteiger partial charge in [0.2, 0.25) is 0 Å². The first-order valence-electron chi connectivity index (χ1n) is 21.5. The molecule has 2 aromatic heterocycles. The summed E-state index contributed by atoms with van der Waals surface area (Å²) in [7, 11) is 0. The molecule has 61 heavy (non-hydrogen) atoms. The summed E-state index contributed by atoms with van der Waals surface area (Å²) in [6, 6.07) is 68.0. The fourth-order valence-electron chi connectivity index (χ4n) is 10.4. The van der Waals surface area contributed by atoms with Crippen molar-refractivity contribution in [2.75, 3.05) is 4.90 Å². The Morgan fingerprint density at radius 1 is 0.590 bits per heavy atom. The summed E-state index contributed by atoms with van der Waals surface area (Å²) in [4.78, 5) is 2.65. The van der Waals surface area contributed by atoms with E-state index in [1.54, 1.807) is 0 Å². The maximum absolute atomic E-state index is 2.65. The van der Waals surface area contributed by atoms with E-state index in [2.05, 4.69) is 224 Å². The first kappa shape index (κ1) is 36.0. The summed E-state index contributed by atoms with van der Waals surface area (Å²) in [6.07, 6.45) is 8.94. The maximum atomic E-state index is 2.65. The number of thiophene rings is 1. The number of anilines is 2. The van der Waals surface area contributed by atoms with E-state index in [1.807, 2.05) is 11.3 Å². The Balaban J connectivity index is 0.976. The highest BCUT2D eigenvalue weighted by Gasteiger charge is 2.41. The van der Waals surface area contributed by atoms with Gasteiger partial charge in [-0.15, -0.1) is 11.3 Å².